The zero-order valence-electron chi connectivity index (χ0n) is 13.6. The summed E-state index contributed by atoms with van der Waals surface area (Å²) in [6, 6.07) is 13.5. The molecule has 128 valence electrons. The Morgan fingerprint density at radius 2 is 2.04 bits per heavy atom. The monoisotopic (exact) mass is 407 g/mol. The number of halogens is 1. The fourth-order valence-corrected chi connectivity index (χ4v) is 3.17. The predicted molar refractivity (Wildman–Crippen MR) is 108 cm³/mol. The van der Waals surface area contributed by atoms with Gasteiger partial charge in [0.05, 0.1) is 5.52 Å². The minimum Gasteiger partial charge on any atom is -0.350 e. The van der Waals surface area contributed by atoms with E-state index in [2.05, 4.69) is 48.1 Å². The molecule has 0 saturated carbocycles. The van der Waals surface area contributed by atoms with Gasteiger partial charge in [-0.1, -0.05) is 28.6 Å². The highest BCUT2D eigenvalue weighted by molar-refractivity contribution is 9.10. The maximum absolute atomic E-state index is 11.5. The smallest absolute Gasteiger partial charge is 0.247 e. The zero-order chi connectivity index (χ0) is 18.1. The van der Waals surface area contributed by atoms with Crippen LogP contribution in [-0.4, -0.2) is 20.9 Å². The molecule has 0 aliphatic rings. The zero-order valence-corrected chi connectivity index (χ0v) is 15.2. The Bertz CT molecular complexity index is 1150. The standard InChI is InChI=1S/C19H14BrN5O/c1-2-16(26)23-13-6-7-14-15(9-13)25-18-17(14)21-10-22-19(18)24-12-5-3-4-11(20)8-12/h2-10,25H,1H2,(H,23,26)(H,21,22,24). The number of H-pyrrole nitrogens is 1. The van der Waals surface area contributed by atoms with Crippen LogP contribution < -0.4 is 10.6 Å². The van der Waals surface area contributed by atoms with Gasteiger partial charge in [0.25, 0.3) is 0 Å². The van der Waals surface area contributed by atoms with E-state index in [4.69, 9.17) is 0 Å². The summed E-state index contributed by atoms with van der Waals surface area (Å²) in [5.41, 5.74) is 4.07. The quantitative estimate of drug-likeness (QED) is 0.426. The maximum Gasteiger partial charge on any atom is 0.247 e. The number of aromatic nitrogens is 3. The van der Waals surface area contributed by atoms with Crippen molar-refractivity contribution < 1.29 is 4.79 Å². The highest BCUT2D eigenvalue weighted by atomic mass is 79.9. The summed E-state index contributed by atoms with van der Waals surface area (Å²) in [7, 11) is 0. The number of fused-ring (bicyclic) bond motifs is 3. The third kappa shape index (κ3) is 3.04. The molecule has 26 heavy (non-hydrogen) atoms. The first-order chi connectivity index (χ1) is 12.6. The Labute approximate surface area is 157 Å². The van der Waals surface area contributed by atoms with Gasteiger partial charge in [0.2, 0.25) is 5.91 Å². The van der Waals surface area contributed by atoms with Crippen molar-refractivity contribution in [3.63, 3.8) is 0 Å². The number of carbonyl (C=O) groups excluding carboxylic acids is 1. The number of benzene rings is 2. The molecule has 0 unspecified atom stereocenters. The van der Waals surface area contributed by atoms with Crippen LogP contribution in [-0.2, 0) is 4.79 Å². The average molecular weight is 408 g/mol. The van der Waals surface area contributed by atoms with Gasteiger partial charge in [0, 0.05) is 21.2 Å². The number of amides is 1. The molecule has 4 aromatic rings. The molecule has 0 bridgehead atoms. The van der Waals surface area contributed by atoms with Crippen LogP contribution in [0.5, 0.6) is 0 Å². The third-order valence-electron chi connectivity index (χ3n) is 3.92. The Morgan fingerprint density at radius 3 is 2.85 bits per heavy atom. The molecule has 7 heteroatoms. The molecule has 2 aromatic carbocycles. The van der Waals surface area contributed by atoms with E-state index < -0.39 is 0 Å². The third-order valence-corrected chi connectivity index (χ3v) is 4.42. The second-order valence-corrected chi connectivity index (χ2v) is 6.58. The molecule has 0 aliphatic heterocycles. The van der Waals surface area contributed by atoms with E-state index in [1.807, 2.05) is 42.5 Å². The number of nitrogens with one attached hydrogen (secondary N) is 3. The lowest BCUT2D eigenvalue weighted by Crippen LogP contribution is -2.06. The number of anilines is 3. The number of nitrogens with zero attached hydrogens (tertiary/aromatic N) is 2. The Kier molecular flexibility index (Phi) is 4.14. The summed E-state index contributed by atoms with van der Waals surface area (Å²) >= 11 is 3.46. The molecular formula is C19H14BrN5O. The number of hydrogen-bond acceptors (Lipinski definition) is 4. The van der Waals surface area contributed by atoms with Crippen molar-refractivity contribution in [3.8, 4) is 0 Å². The molecule has 0 spiro atoms. The van der Waals surface area contributed by atoms with Gasteiger partial charge in [-0.2, -0.15) is 0 Å². The van der Waals surface area contributed by atoms with Gasteiger partial charge in [-0.05, 0) is 42.5 Å². The molecule has 4 rings (SSSR count). The van der Waals surface area contributed by atoms with Crippen molar-refractivity contribution in [3.05, 3.63) is 65.9 Å². The topological polar surface area (TPSA) is 82.7 Å². The molecule has 0 atom stereocenters. The van der Waals surface area contributed by atoms with Gasteiger partial charge in [-0.25, -0.2) is 9.97 Å². The van der Waals surface area contributed by atoms with Crippen molar-refractivity contribution in [2.24, 2.45) is 0 Å². The van der Waals surface area contributed by atoms with Crippen molar-refractivity contribution in [1.29, 1.82) is 0 Å². The Morgan fingerprint density at radius 1 is 1.15 bits per heavy atom. The van der Waals surface area contributed by atoms with Gasteiger partial charge < -0.3 is 15.6 Å². The Hall–Kier alpha value is -3.19. The first-order valence-electron chi connectivity index (χ1n) is 7.86. The SMILES string of the molecule is C=CC(=O)Nc1ccc2c(c1)[nH]c1c(Nc3cccc(Br)c3)ncnc12. The minimum absolute atomic E-state index is 0.253. The molecule has 2 heterocycles. The van der Waals surface area contributed by atoms with Crippen molar-refractivity contribution >= 4 is 61.0 Å². The molecule has 1 amide bonds. The summed E-state index contributed by atoms with van der Waals surface area (Å²) < 4.78 is 0.979. The Balaban J connectivity index is 1.79. The first kappa shape index (κ1) is 16.3. The molecule has 0 saturated heterocycles. The van der Waals surface area contributed by atoms with E-state index in [9.17, 15) is 4.79 Å². The van der Waals surface area contributed by atoms with E-state index in [1.54, 1.807) is 0 Å². The molecule has 0 aliphatic carbocycles. The second kappa shape index (κ2) is 6.61. The van der Waals surface area contributed by atoms with Gasteiger partial charge in [0.1, 0.15) is 17.4 Å². The van der Waals surface area contributed by atoms with Crippen LogP contribution >= 0.6 is 15.9 Å². The maximum atomic E-state index is 11.5. The highest BCUT2D eigenvalue weighted by Crippen LogP contribution is 2.30. The van der Waals surface area contributed by atoms with Crippen LogP contribution in [0, 0.1) is 0 Å². The van der Waals surface area contributed by atoms with Crippen LogP contribution in [0.3, 0.4) is 0 Å². The predicted octanol–water partition coefficient (Wildman–Crippen LogP) is 4.74. The molecule has 0 radical (unpaired) electrons. The lowest BCUT2D eigenvalue weighted by atomic mass is 10.2. The summed E-state index contributed by atoms with van der Waals surface area (Å²) in [6.45, 7) is 3.46. The molecule has 2 aromatic heterocycles. The summed E-state index contributed by atoms with van der Waals surface area (Å²) in [6.07, 6.45) is 2.77. The fourth-order valence-electron chi connectivity index (χ4n) is 2.77. The van der Waals surface area contributed by atoms with Crippen LogP contribution in [0.25, 0.3) is 21.9 Å². The van der Waals surface area contributed by atoms with Crippen LogP contribution in [0.4, 0.5) is 17.2 Å². The number of rotatable bonds is 4. The fraction of sp³-hybridized carbons (Fsp3) is 0. The van der Waals surface area contributed by atoms with E-state index in [0.717, 1.165) is 32.1 Å². The number of carbonyl (C=O) groups is 1. The van der Waals surface area contributed by atoms with Gasteiger partial charge in [0.15, 0.2) is 5.82 Å². The highest BCUT2D eigenvalue weighted by Gasteiger charge is 2.12. The normalized spacial score (nSPS) is 10.8. The first-order valence-corrected chi connectivity index (χ1v) is 8.66. The van der Waals surface area contributed by atoms with Crippen LogP contribution in [0.2, 0.25) is 0 Å². The lowest BCUT2D eigenvalue weighted by Gasteiger charge is -2.06. The summed E-state index contributed by atoms with van der Waals surface area (Å²) in [5.74, 6) is 0.429. The number of hydrogen-bond donors (Lipinski definition) is 3. The van der Waals surface area contributed by atoms with Gasteiger partial charge in [-0.3, -0.25) is 4.79 Å². The lowest BCUT2D eigenvalue weighted by molar-refractivity contribution is -0.111. The second-order valence-electron chi connectivity index (χ2n) is 5.66. The summed E-state index contributed by atoms with van der Waals surface area (Å²) in [5, 5.41) is 7.02. The number of aromatic amines is 1. The van der Waals surface area contributed by atoms with Crippen molar-refractivity contribution in [2.75, 3.05) is 10.6 Å². The largest absolute Gasteiger partial charge is 0.350 e. The van der Waals surface area contributed by atoms with E-state index in [0.29, 0.717) is 11.5 Å². The van der Waals surface area contributed by atoms with Crippen LogP contribution in [0.1, 0.15) is 0 Å². The van der Waals surface area contributed by atoms with Crippen LogP contribution in [0.15, 0.2) is 65.9 Å². The molecular weight excluding hydrogens is 394 g/mol. The van der Waals surface area contributed by atoms with E-state index >= 15 is 0 Å². The molecule has 6 nitrogen and oxygen atoms in total. The summed E-state index contributed by atoms with van der Waals surface area (Å²) in [4.78, 5) is 23.6. The molecule has 0 fully saturated rings. The minimum atomic E-state index is -0.253. The average Bonchev–Trinajstić information content (AvgIpc) is 3.00. The van der Waals surface area contributed by atoms with Gasteiger partial charge in [-0.15, -0.1) is 0 Å². The van der Waals surface area contributed by atoms with Gasteiger partial charge >= 0.3 is 0 Å². The van der Waals surface area contributed by atoms with Crippen molar-refractivity contribution in [2.45, 2.75) is 0 Å². The van der Waals surface area contributed by atoms with E-state index in [1.165, 1.54) is 12.4 Å². The van der Waals surface area contributed by atoms with E-state index in [-0.39, 0.29) is 5.91 Å². The van der Waals surface area contributed by atoms with Crippen molar-refractivity contribution in [1.82, 2.24) is 15.0 Å². The molecule has 3 N–H and O–H groups in total.